The van der Waals surface area contributed by atoms with E-state index in [1.54, 1.807) is 26.8 Å². The number of amides is 1. The summed E-state index contributed by atoms with van der Waals surface area (Å²) in [5.74, 6) is -5.18. The van der Waals surface area contributed by atoms with E-state index in [0.29, 0.717) is 24.8 Å². The number of ether oxygens (including phenoxy) is 1. The molecule has 0 radical (unpaired) electrons. The lowest BCUT2D eigenvalue weighted by Gasteiger charge is -2.62. The summed E-state index contributed by atoms with van der Waals surface area (Å²) in [4.78, 5) is 59.9. The third kappa shape index (κ3) is 4.51. The van der Waals surface area contributed by atoms with Gasteiger partial charge in [0.2, 0.25) is 11.7 Å². The van der Waals surface area contributed by atoms with Crippen LogP contribution < -0.4 is 5.32 Å². The number of nitrogens with one attached hydrogen (secondary N) is 1. The Hall–Kier alpha value is -2.92. The molecule has 8 atom stereocenters. The van der Waals surface area contributed by atoms with Crippen LogP contribution in [0, 0.1) is 28.6 Å². The molecular formula is C29H38FNO9. The maximum atomic E-state index is 17.2. The van der Waals surface area contributed by atoms with Crippen LogP contribution in [0.25, 0.3) is 0 Å². The number of aliphatic carboxylic acids is 1. The van der Waals surface area contributed by atoms with Crippen LogP contribution in [0.2, 0.25) is 0 Å². The Kier molecular flexibility index (Phi) is 7.87. The summed E-state index contributed by atoms with van der Waals surface area (Å²) in [5.41, 5.74) is -5.83. The van der Waals surface area contributed by atoms with E-state index >= 15 is 4.39 Å². The predicted molar refractivity (Wildman–Crippen MR) is 138 cm³/mol. The monoisotopic (exact) mass is 563 g/mol. The zero-order valence-corrected chi connectivity index (χ0v) is 23.1. The number of aliphatic hydroxyl groups excluding tert-OH is 1. The largest absolute Gasteiger partial charge is 0.481 e. The molecule has 0 unspecified atom stereocenters. The summed E-state index contributed by atoms with van der Waals surface area (Å²) < 4.78 is 22.3. The van der Waals surface area contributed by atoms with Crippen molar-refractivity contribution in [3.05, 3.63) is 23.8 Å². The molecule has 220 valence electrons. The van der Waals surface area contributed by atoms with Crippen LogP contribution in [0.4, 0.5) is 4.39 Å². The van der Waals surface area contributed by atoms with Crippen LogP contribution in [-0.4, -0.2) is 75.3 Å². The Labute approximate surface area is 232 Å². The van der Waals surface area contributed by atoms with Crippen LogP contribution >= 0.6 is 0 Å². The fourth-order valence-corrected chi connectivity index (χ4v) is 8.11. The molecule has 1 amide bonds. The fraction of sp³-hybridized carbons (Fsp3) is 0.690. The molecule has 0 saturated heterocycles. The Balaban J connectivity index is 1.46. The number of carbonyl (C=O) groups excluding carboxylic acids is 4. The van der Waals surface area contributed by atoms with Gasteiger partial charge in [-0.25, -0.2) is 4.39 Å². The molecular weight excluding hydrogens is 525 g/mol. The number of halogens is 1. The minimum Gasteiger partial charge on any atom is -0.481 e. The number of aliphatic hydroxyl groups is 2. The van der Waals surface area contributed by atoms with E-state index < -0.39 is 82.7 Å². The molecule has 4 rings (SSSR count). The van der Waals surface area contributed by atoms with E-state index in [2.05, 4.69) is 5.32 Å². The third-order valence-electron chi connectivity index (χ3n) is 10.2. The predicted octanol–water partition coefficient (Wildman–Crippen LogP) is 1.82. The van der Waals surface area contributed by atoms with Crippen molar-refractivity contribution in [2.24, 2.45) is 28.6 Å². The number of rotatable bonds is 9. The molecule has 4 aliphatic rings. The first kappa shape index (κ1) is 30.0. The maximum absolute atomic E-state index is 17.2. The zero-order chi connectivity index (χ0) is 29.7. The van der Waals surface area contributed by atoms with Crippen LogP contribution in [0.5, 0.6) is 0 Å². The van der Waals surface area contributed by atoms with E-state index in [1.807, 2.05) is 0 Å². The molecule has 4 aliphatic carbocycles. The summed E-state index contributed by atoms with van der Waals surface area (Å²) in [5, 5.41) is 34.2. The standard InChI is InChI=1S/C29H38FNO9/c1-16-11-20-19-8-7-17-12-18(32)9-10-26(17,2)28(19,30)21(33)13-27(20,3)29(16,39)22(34)15-40-25(38)14-31-23(35)5-4-6-24(36)37/h9-10,12,16,19-21,33,39H,4-8,11,13-15H2,1-3H3,(H,31,35)(H,36,37)/t16-,19+,20+,21+,26+,27+,28+,29+/m1/s1. The lowest BCUT2D eigenvalue weighted by molar-refractivity contribution is -0.219. The molecule has 4 N–H and O–H groups in total. The normalized spacial score (nSPS) is 39.9. The second kappa shape index (κ2) is 10.5. The van der Waals surface area contributed by atoms with Crippen molar-refractivity contribution in [3.63, 3.8) is 0 Å². The lowest BCUT2D eigenvalue weighted by atomic mass is 9.44. The first-order valence-electron chi connectivity index (χ1n) is 13.8. The number of hydrogen-bond acceptors (Lipinski definition) is 8. The zero-order valence-electron chi connectivity index (χ0n) is 23.1. The lowest BCUT2D eigenvalue weighted by Crippen LogP contribution is -2.69. The summed E-state index contributed by atoms with van der Waals surface area (Å²) >= 11 is 0. The van der Waals surface area contributed by atoms with Gasteiger partial charge >= 0.3 is 11.9 Å². The number of alkyl halides is 1. The second-order valence-electron chi connectivity index (χ2n) is 12.3. The van der Waals surface area contributed by atoms with Gasteiger partial charge in [0, 0.05) is 29.6 Å². The average Bonchev–Trinajstić information content (AvgIpc) is 3.08. The summed E-state index contributed by atoms with van der Waals surface area (Å²) in [6.45, 7) is 3.80. The van der Waals surface area contributed by atoms with Gasteiger partial charge in [-0.05, 0) is 63.0 Å². The molecule has 0 heterocycles. The number of Topliss-reactive ketones (excluding diaryl/α,β-unsaturated/α-hetero) is 1. The first-order chi connectivity index (χ1) is 18.6. The van der Waals surface area contributed by atoms with Crippen LogP contribution in [0.1, 0.15) is 65.7 Å². The van der Waals surface area contributed by atoms with Gasteiger partial charge in [-0.3, -0.25) is 24.0 Å². The van der Waals surface area contributed by atoms with Crippen LogP contribution in [-0.2, 0) is 28.7 Å². The molecule has 10 nitrogen and oxygen atoms in total. The highest BCUT2D eigenvalue weighted by molar-refractivity contribution is 6.01. The number of esters is 1. The first-order valence-corrected chi connectivity index (χ1v) is 13.8. The summed E-state index contributed by atoms with van der Waals surface area (Å²) in [7, 11) is 0. The Morgan fingerprint density at radius 3 is 2.55 bits per heavy atom. The van der Waals surface area contributed by atoms with E-state index in [9.17, 15) is 34.2 Å². The van der Waals surface area contributed by atoms with E-state index in [1.165, 1.54) is 12.2 Å². The molecule has 11 heteroatoms. The van der Waals surface area contributed by atoms with Gasteiger partial charge < -0.3 is 25.4 Å². The molecule has 0 aliphatic heterocycles. The summed E-state index contributed by atoms with van der Waals surface area (Å²) in [6.07, 6.45) is 3.60. The highest BCUT2D eigenvalue weighted by Crippen LogP contribution is 2.70. The van der Waals surface area contributed by atoms with Crippen molar-refractivity contribution < 1.29 is 48.4 Å². The molecule has 3 saturated carbocycles. The van der Waals surface area contributed by atoms with Crippen LogP contribution in [0.15, 0.2) is 23.8 Å². The third-order valence-corrected chi connectivity index (χ3v) is 10.2. The number of ketones is 2. The highest BCUT2D eigenvalue weighted by Gasteiger charge is 2.75. The van der Waals surface area contributed by atoms with E-state index in [4.69, 9.17) is 9.84 Å². The van der Waals surface area contributed by atoms with Gasteiger partial charge in [0.15, 0.2) is 18.1 Å². The van der Waals surface area contributed by atoms with Crippen molar-refractivity contribution in [3.8, 4) is 0 Å². The maximum Gasteiger partial charge on any atom is 0.325 e. The Morgan fingerprint density at radius 1 is 1.18 bits per heavy atom. The van der Waals surface area contributed by atoms with Gasteiger partial charge in [0.25, 0.3) is 0 Å². The smallest absolute Gasteiger partial charge is 0.325 e. The van der Waals surface area contributed by atoms with Crippen molar-refractivity contribution in [2.45, 2.75) is 83.1 Å². The number of carboxylic acid groups (broad SMARTS) is 1. The molecule has 0 bridgehead atoms. The van der Waals surface area contributed by atoms with Gasteiger partial charge in [-0.2, -0.15) is 0 Å². The highest BCUT2D eigenvalue weighted by atomic mass is 19.1. The molecule has 0 aromatic heterocycles. The minimum absolute atomic E-state index is 0.0858. The van der Waals surface area contributed by atoms with Gasteiger partial charge in [0.05, 0.1) is 6.10 Å². The topological polar surface area (TPSA) is 167 Å². The van der Waals surface area contributed by atoms with E-state index in [0.717, 1.165) is 0 Å². The number of hydrogen-bond donors (Lipinski definition) is 4. The summed E-state index contributed by atoms with van der Waals surface area (Å²) in [6, 6.07) is 0. The van der Waals surface area contributed by atoms with Crippen molar-refractivity contribution in [1.82, 2.24) is 5.32 Å². The van der Waals surface area contributed by atoms with Gasteiger partial charge in [-0.1, -0.05) is 25.5 Å². The Morgan fingerprint density at radius 2 is 1.88 bits per heavy atom. The number of carbonyl (C=O) groups is 5. The minimum atomic E-state index is -2.10. The van der Waals surface area contributed by atoms with Crippen LogP contribution in [0.3, 0.4) is 0 Å². The van der Waals surface area contributed by atoms with E-state index in [-0.39, 0.29) is 31.5 Å². The number of allylic oxidation sites excluding steroid dienone is 4. The Bertz CT molecular complexity index is 1180. The average molecular weight is 564 g/mol. The number of carboxylic acids is 1. The van der Waals surface area contributed by atoms with Gasteiger partial charge in [0.1, 0.15) is 12.1 Å². The molecule has 0 aromatic rings. The SMILES string of the molecule is C[C@@H]1C[C@H]2[C@@H]3CCC4=CC(=O)C=C[C@]4(C)[C@@]3(F)[C@@H](O)C[C@]2(C)[C@@]1(O)C(=O)COC(=O)CNC(=O)CCCC(=O)O. The number of fused-ring (bicyclic) bond motifs is 5. The quantitative estimate of drug-likeness (QED) is 0.306. The van der Waals surface area contributed by atoms with Crippen molar-refractivity contribution in [2.75, 3.05) is 13.2 Å². The molecule has 0 aromatic carbocycles. The van der Waals surface area contributed by atoms with Crippen molar-refractivity contribution in [1.29, 1.82) is 0 Å². The molecule has 40 heavy (non-hydrogen) atoms. The molecule has 3 fully saturated rings. The van der Waals surface area contributed by atoms with Crippen molar-refractivity contribution >= 4 is 29.4 Å². The van der Waals surface area contributed by atoms with Gasteiger partial charge in [-0.15, -0.1) is 0 Å². The molecule has 0 spiro atoms. The fourth-order valence-electron chi connectivity index (χ4n) is 8.11. The second-order valence-corrected chi connectivity index (χ2v) is 12.3.